The van der Waals surface area contributed by atoms with Gasteiger partial charge in [0.25, 0.3) is 0 Å². The Bertz CT molecular complexity index is 488. The highest BCUT2D eigenvalue weighted by atomic mass is 79.9. The minimum absolute atomic E-state index is 0.482. The molecule has 4 heteroatoms. The van der Waals surface area contributed by atoms with Crippen LogP contribution in [0.4, 0.5) is 0 Å². The van der Waals surface area contributed by atoms with Gasteiger partial charge < -0.3 is 14.8 Å². The number of benzene rings is 1. The number of halogens is 1. The quantitative estimate of drug-likeness (QED) is 0.745. The van der Waals surface area contributed by atoms with E-state index in [9.17, 15) is 0 Å². The molecule has 1 heterocycles. The molecule has 1 aromatic rings. The van der Waals surface area contributed by atoms with Gasteiger partial charge in [0.05, 0.1) is 13.2 Å². The maximum absolute atomic E-state index is 5.77. The fourth-order valence-electron chi connectivity index (χ4n) is 3.52. The molecule has 3 rings (SSSR count). The lowest BCUT2D eigenvalue weighted by Crippen LogP contribution is -2.26. The molecular weight excluding hydrogens is 342 g/mol. The van der Waals surface area contributed by atoms with Gasteiger partial charge in [0.2, 0.25) is 0 Å². The standard InChI is InChI=1S/C18H26BrNO2/c1-13-9-15-3-4-16(19)10-17(15)18(13)20-6-2-7-21-11-14-5-8-22-12-14/h3-4,10,13-14,18,20H,2,5-9,11-12H2,1H3/t13-,14-,18-/m1/s1. The summed E-state index contributed by atoms with van der Waals surface area (Å²) >= 11 is 3.59. The molecule has 1 fully saturated rings. The minimum atomic E-state index is 0.482. The van der Waals surface area contributed by atoms with E-state index in [2.05, 4.69) is 46.4 Å². The highest BCUT2D eigenvalue weighted by molar-refractivity contribution is 9.10. The summed E-state index contributed by atoms with van der Waals surface area (Å²) in [6.45, 7) is 6.84. The first kappa shape index (κ1) is 16.4. The van der Waals surface area contributed by atoms with Gasteiger partial charge >= 0.3 is 0 Å². The van der Waals surface area contributed by atoms with E-state index >= 15 is 0 Å². The summed E-state index contributed by atoms with van der Waals surface area (Å²) in [6.07, 6.45) is 3.40. The number of rotatable bonds is 7. The molecule has 1 N–H and O–H groups in total. The van der Waals surface area contributed by atoms with Gasteiger partial charge in [0.1, 0.15) is 0 Å². The summed E-state index contributed by atoms with van der Waals surface area (Å²) in [7, 11) is 0. The highest BCUT2D eigenvalue weighted by Crippen LogP contribution is 2.37. The van der Waals surface area contributed by atoms with E-state index in [-0.39, 0.29) is 0 Å². The largest absolute Gasteiger partial charge is 0.381 e. The van der Waals surface area contributed by atoms with E-state index in [4.69, 9.17) is 9.47 Å². The van der Waals surface area contributed by atoms with E-state index in [1.54, 1.807) is 0 Å². The molecule has 1 aliphatic carbocycles. The molecular formula is C18H26BrNO2. The van der Waals surface area contributed by atoms with Crippen LogP contribution >= 0.6 is 15.9 Å². The molecule has 1 aromatic carbocycles. The van der Waals surface area contributed by atoms with Crippen LogP contribution in [0.3, 0.4) is 0 Å². The van der Waals surface area contributed by atoms with Gasteiger partial charge in [0.15, 0.2) is 0 Å². The van der Waals surface area contributed by atoms with Crippen molar-refractivity contribution >= 4 is 15.9 Å². The van der Waals surface area contributed by atoms with E-state index in [1.165, 1.54) is 22.0 Å². The lowest BCUT2D eigenvalue weighted by atomic mass is 10.0. The molecule has 0 radical (unpaired) electrons. The Morgan fingerprint density at radius 2 is 2.32 bits per heavy atom. The van der Waals surface area contributed by atoms with Crippen LogP contribution in [0.1, 0.15) is 36.9 Å². The van der Waals surface area contributed by atoms with Crippen molar-refractivity contribution in [3.05, 3.63) is 33.8 Å². The van der Waals surface area contributed by atoms with Gasteiger partial charge in [-0.1, -0.05) is 28.9 Å². The maximum atomic E-state index is 5.77. The third-order valence-electron chi connectivity index (χ3n) is 4.76. The summed E-state index contributed by atoms with van der Waals surface area (Å²) in [5.41, 5.74) is 2.96. The molecule has 0 spiro atoms. The zero-order valence-corrected chi connectivity index (χ0v) is 14.9. The van der Waals surface area contributed by atoms with Gasteiger partial charge in [-0.3, -0.25) is 0 Å². The van der Waals surface area contributed by atoms with Crippen molar-refractivity contribution in [2.24, 2.45) is 11.8 Å². The van der Waals surface area contributed by atoms with Gasteiger partial charge in [-0.25, -0.2) is 0 Å². The first-order valence-electron chi connectivity index (χ1n) is 8.41. The number of ether oxygens (including phenoxy) is 2. The predicted molar refractivity (Wildman–Crippen MR) is 92.1 cm³/mol. The highest BCUT2D eigenvalue weighted by Gasteiger charge is 2.28. The Morgan fingerprint density at radius 1 is 1.41 bits per heavy atom. The minimum Gasteiger partial charge on any atom is -0.381 e. The Kier molecular flexibility index (Phi) is 5.91. The van der Waals surface area contributed by atoms with Gasteiger partial charge in [0, 0.05) is 29.6 Å². The van der Waals surface area contributed by atoms with Crippen LogP contribution in [0.5, 0.6) is 0 Å². The van der Waals surface area contributed by atoms with Crippen LogP contribution in [0.2, 0.25) is 0 Å². The molecule has 0 unspecified atom stereocenters. The predicted octanol–water partition coefficient (Wildman–Crippen LogP) is 3.72. The third kappa shape index (κ3) is 4.10. The second kappa shape index (κ2) is 7.91. The SMILES string of the molecule is C[C@@H]1Cc2ccc(Br)cc2[C@@H]1NCCCOC[C@H]1CCOC1. The van der Waals surface area contributed by atoms with Crippen molar-refractivity contribution in [1.29, 1.82) is 0 Å². The fraction of sp³-hybridized carbons (Fsp3) is 0.667. The zero-order chi connectivity index (χ0) is 15.4. The average molecular weight is 368 g/mol. The summed E-state index contributed by atoms with van der Waals surface area (Å²) < 4.78 is 12.3. The Hall–Kier alpha value is -0.420. The maximum Gasteiger partial charge on any atom is 0.0517 e. The van der Waals surface area contributed by atoms with Crippen LogP contribution < -0.4 is 5.32 Å². The van der Waals surface area contributed by atoms with Gasteiger partial charge in [-0.2, -0.15) is 0 Å². The van der Waals surface area contributed by atoms with Crippen LogP contribution in [0, 0.1) is 11.8 Å². The number of fused-ring (bicyclic) bond motifs is 1. The second-order valence-corrected chi connectivity index (χ2v) is 7.53. The van der Waals surface area contributed by atoms with Crippen LogP contribution in [0.15, 0.2) is 22.7 Å². The lowest BCUT2D eigenvalue weighted by molar-refractivity contribution is 0.0877. The first-order chi connectivity index (χ1) is 10.7. The number of hydrogen-bond donors (Lipinski definition) is 1. The molecule has 3 nitrogen and oxygen atoms in total. The van der Waals surface area contributed by atoms with E-state index < -0.39 is 0 Å². The van der Waals surface area contributed by atoms with Crippen molar-refractivity contribution in [3.63, 3.8) is 0 Å². The van der Waals surface area contributed by atoms with Gasteiger partial charge in [-0.15, -0.1) is 0 Å². The molecule has 0 bridgehead atoms. The van der Waals surface area contributed by atoms with Crippen molar-refractivity contribution < 1.29 is 9.47 Å². The summed E-state index contributed by atoms with van der Waals surface area (Å²) in [5.74, 6) is 1.29. The summed E-state index contributed by atoms with van der Waals surface area (Å²) in [4.78, 5) is 0. The molecule has 1 saturated heterocycles. The smallest absolute Gasteiger partial charge is 0.0517 e. The number of hydrogen-bond acceptors (Lipinski definition) is 3. The van der Waals surface area contributed by atoms with Crippen molar-refractivity contribution in [3.8, 4) is 0 Å². The Labute approximate surface area is 141 Å². The summed E-state index contributed by atoms with van der Waals surface area (Å²) in [6, 6.07) is 7.15. The molecule has 0 saturated carbocycles. The molecule has 1 aliphatic heterocycles. The van der Waals surface area contributed by atoms with Crippen LogP contribution in [0.25, 0.3) is 0 Å². The summed E-state index contributed by atoms with van der Waals surface area (Å²) in [5, 5.41) is 3.72. The van der Waals surface area contributed by atoms with Crippen LogP contribution in [-0.4, -0.2) is 33.0 Å². The monoisotopic (exact) mass is 367 g/mol. The van der Waals surface area contributed by atoms with Crippen molar-refractivity contribution in [2.75, 3.05) is 33.0 Å². The molecule has 0 amide bonds. The van der Waals surface area contributed by atoms with Gasteiger partial charge in [-0.05, 0) is 55.0 Å². The molecule has 0 aromatic heterocycles. The van der Waals surface area contributed by atoms with Crippen molar-refractivity contribution in [2.45, 2.75) is 32.2 Å². The average Bonchev–Trinajstić information content (AvgIpc) is 3.11. The Balaban J connectivity index is 1.37. The lowest BCUT2D eigenvalue weighted by Gasteiger charge is -2.19. The fourth-order valence-corrected chi connectivity index (χ4v) is 3.90. The normalized spacial score (nSPS) is 27.3. The van der Waals surface area contributed by atoms with Crippen LogP contribution in [-0.2, 0) is 15.9 Å². The third-order valence-corrected chi connectivity index (χ3v) is 5.25. The number of nitrogens with one attached hydrogen (secondary N) is 1. The molecule has 22 heavy (non-hydrogen) atoms. The Morgan fingerprint density at radius 3 is 3.14 bits per heavy atom. The van der Waals surface area contributed by atoms with E-state index in [0.29, 0.717) is 17.9 Å². The van der Waals surface area contributed by atoms with E-state index in [0.717, 1.165) is 45.8 Å². The second-order valence-electron chi connectivity index (χ2n) is 6.61. The first-order valence-corrected chi connectivity index (χ1v) is 9.20. The van der Waals surface area contributed by atoms with Crippen molar-refractivity contribution in [1.82, 2.24) is 5.32 Å². The van der Waals surface area contributed by atoms with E-state index in [1.807, 2.05) is 0 Å². The zero-order valence-electron chi connectivity index (χ0n) is 13.3. The molecule has 2 aliphatic rings. The topological polar surface area (TPSA) is 30.5 Å². The molecule has 122 valence electrons. The molecule has 3 atom stereocenters.